The number of oxime groups is 2. The second kappa shape index (κ2) is 13.0. The standard InChI is InChI=1S/2C12H14FNO/c2*1-3-12(14-15)9(2)8-10-4-6-11(13)7-5-10/h2*4-8,15H,3H2,1-2H3/b2*9-8+,14-12+. The molecule has 2 aromatic rings. The summed E-state index contributed by atoms with van der Waals surface area (Å²) in [7, 11) is 0. The first-order valence-electron chi connectivity index (χ1n) is 9.64. The molecule has 2 N–H and O–H groups in total. The minimum atomic E-state index is -0.253. The Morgan fingerprint density at radius 2 is 1.00 bits per heavy atom. The first-order valence-corrected chi connectivity index (χ1v) is 9.64. The molecule has 0 aliphatic heterocycles. The van der Waals surface area contributed by atoms with Crippen molar-refractivity contribution in [2.45, 2.75) is 40.5 Å². The molecule has 0 amide bonds. The van der Waals surface area contributed by atoms with Crippen LogP contribution in [0, 0.1) is 11.6 Å². The summed E-state index contributed by atoms with van der Waals surface area (Å²) in [5, 5.41) is 23.8. The summed E-state index contributed by atoms with van der Waals surface area (Å²) >= 11 is 0. The number of halogens is 2. The average Bonchev–Trinajstić information content (AvgIpc) is 2.74. The van der Waals surface area contributed by atoms with Crippen LogP contribution in [0.25, 0.3) is 12.2 Å². The van der Waals surface area contributed by atoms with E-state index >= 15 is 0 Å². The summed E-state index contributed by atoms with van der Waals surface area (Å²) < 4.78 is 25.3. The van der Waals surface area contributed by atoms with E-state index in [1.807, 2.05) is 39.8 Å². The third-order valence-electron chi connectivity index (χ3n) is 4.33. The van der Waals surface area contributed by atoms with E-state index in [4.69, 9.17) is 10.4 Å². The van der Waals surface area contributed by atoms with Gasteiger partial charge in [-0.1, -0.05) is 60.6 Å². The molecule has 0 aromatic heterocycles. The molecule has 0 aliphatic rings. The lowest BCUT2D eigenvalue weighted by Crippen LogP contribution is -1.97. The average molecular weight is 414 g/mol. The van der Waals surface area contributed by atoms with Gasteiger partial charge in [0.05, 0.1) is 11.4 Å². The van der Waals surface area contributed by atoms with Crippen LogP contribution in [0.5, 0.6) is 0 Å². The monoisotopic (exact) mass is 414 g/mol. The molecule has 30 heavy (non-hydrogen) atoms. The first kappa shape index (κ1) is 24.8. The van der Waals surface area contributed by atoms with E-state index in [0.717, 1.165) is 22.3 Å². The van der Waals surface area contributed by atoms with Crippen molar-refractivity contribution < 1.29 is 19.2 Å². The maximum Gasteiger partial charge on any atom is 0.123 e. The van der Waals surface area contributed by atoms with Gasteiger partial charge >= 0.3 is 0 Å². The molecule has 2 rings (SSSR count). The SMILES string of the molecule is CCC(=N\O)/C(C)=C/c1ccc(F)cc1.CCC(=N\O)/C(C)=C/c1ccc(F)cc1. The second-order valence-corrected chi connectivity index (χ2v) is 6.56. The van der Waals surface area contributed by atoms with E-state index < -0.39 is 0 Å². The van der Waals surface area contributed by atoms with Crippen LogP contribution in [0.15, 0.2) is 70.0 Å². The highest BCUT2D eigenvalue weighted by atomic mass is 19.1. The normalized spacial score (nSPS) is 13.0. The van der Waals surface area contributed by atoms with Crippen LogP contribution in [0.1, 0.15) is 51.7 Å². The van der Waals surface area contributed by atoms with E-state index in [0.29, 0.717) is 24.3 Å². The summed E-state index contributed by atoms with van der Waals surface area (Å²) in [6, 6.07) is 12.4. The zero-order valence-electron chi connectivity index (χ0n) is 17.7. The van der Waals surface area contributed by atoms with Crippen LogP contribution in [0.4, 0.5) is 8.78 Å². The Kier molecular flexibility index (Phi) is 10.8. The smallest absolute Gasteiger partial charge is 0.123 e. The molecule has 6 heteroatoms. The molecule has 0 atom stereocenters. The maximum absolute atomic E-state index is 12.6. The van der Waals surface area contributed by atoms with Crippen molar-refractivity contribution in [3.63, 3.8) is 0 Å². The molecule has 0 unspecified atom stereocenters. The summed E-state index contributed by atoms with van der Waals surface area (Å²) in [4.78, 5) is 0. The van der Waals surface area contributed by atoms with Gasteiger partial charge in [0.25, 0.3) is 0 Å². The molecule has 0 radical (unpaired) electrons. The summed E-state index contributed by atoms with van der Waals surface area (Å²) in [5.41, 5.74) is 4.82. The summed E-state index contributed by atoms with van der Waals surface area (Å²) in [6.07, 6.45) is 5.05. The van der Waals surface area contributed by atoms with E-state index in [2.05, 4.69) is 10.3 Å². The largest absolute Gasteiger partial charge is 0.411 e. The Labute approximate surface area is 176 Å². The lowest BCUT2D eigenvalue weighted by molar-refractivity contribution is 0.318. The van der Waals surface area contributed by atoms with Crippen LogP contribution in [0.3, 0.4) is 0 Å². The second-order valence-electron chi connectivity index (χ2n) is 6.56. The molecule has 0 saturated carbocycles. The van der Waals surface area contributed by atoms with Gasteiger partial charge in [-0.25, -0.2) is 8.78 Å². The zero-order chi connectivity index (χ0) is 22.5. The quantitative estimate of drug-likeness (QED) is 0.305. The van der Waals surface area contributed by atoms with Crippen molar-refractivity contribution >= 4 is 23.6 Å². The number of hydrogen-bond acceptors (Lipinski definition) is 4. The van der Waals surface area contributed by atoms with Crippen LogP contribution in [0.2, 0.25) is 0 Å². The molecule has 0 bridgehead atoms. The Morgan fingerprint density at radius 3 is 1.23 bits per heavy atom. The van der Waals surface area contributed by atoms with Gasteiger partial charge in [-0.15, -0.1) is 0 Å². The highest BCUT2D eigenvalue weighted by Gasteiger charge is 2.01. The molecule has 160 valence electrons. The molecule has 0 fully saturated rings. The third kappa shape index (κ3) is 8.39. The fourth-order valence-electron chi connectivity index (χ4n) is 2.64. The van der Waals surface area contributed by atoms with Crippen molar-refractivity contribution in [3.8, 4) is 0 Å². The number of nitrogens with zero attached hydrogens (tertiary/aromatic N) is 2. The van der Waals surface area contributed by atoms with Crippen molar-refractivity contribution in [3.05, 3.63) is 82.4 Å². The minimum Gasteiger partial charge on any atom is -0.411 e. The van der Waals surface area contributed by atoms with Crippen molar-refractivity contribution in [2.75, 3.05) is 0 Å². The number of rotatable bonds is 6. The summed E-state index contributed by atoms with van der Waals surface area (Å²) in [6.45, 7) is 7.55. The fraction of sp³-hybridized carbons (Fsp3) is 0.250. The predicted molar refractivity (Wildman–Crippen MR) is 119 cm³/mol. The van der Waals surface area contributed by atoms with Gasteiger partial charge in [0, 0.05) is 0 Å². The number of allylic oxidation sites excluding steroid dienone is 2. The molecule has 0 aliphatic carbocycles. The molecular weight excluding hydrogens is 386 g/mol. The van der Waals surface area contributed by atoms with Gasteiger partial charge in [0.2, 0.25) is 0 Å². The van der Waals surface area contributed by atoms with E-state index in [1.54, 1.807) is 24.3 Å². The van der Waals surface area contributed by atoms with Gasteiger partial charge in [-0.05, 0) is 73.2 Å². The van der Waals surface area contributed by atoms with Gasteiger partial charge in [-0.3, -0.25) is 0 Å². The predicted octanol–water partition coefficient (Wildman–Crippen LogP) is 6.94. The molecular formula is C24H28F2N2O2. The molecule has 0 saturated heterocycles. The topological polar surface area (TPSA) is 65.2 Å². The van der Waals surface area contributed by atoms with Gasteiger partial charge < -0.3 is 10.4 Å². The lowest BCUT2D eigenvalue weighted by atomic mass is 10.1. The minimum absolute atomic E-state index is 0.253. The molecule has 2 aromatic carbocycles. The van der Waals surface area contributed by atoms with E-state index in [1.165, 1.54) is 24.3 Å². The Hall–Kier alpha value is -3.28. The Bertz CT molecular complexity index is 836. The van der Waals surface area contributed by atoms with Crippen molar-refractivity contribution in [1.82, 2.24) is 0 Å². The van der Waals surface area contributed by atoms with Gasteiger partial charge in [0.1, 0.15) is 11.6 Å². The molecule has 0 heterocycles. The van der Waals surface area contributed by atoms with Crippen LogP contribution < -0.4 is 0 Å². The Balaban J connectivity index is 0.000000300. The zero-order valence-corrected chi connectivity index (χ0v) is 17.7. The highest BCUT2D eigenvalue weighted by molar-refractivity contribution is 6.03. The highest BCUT2D eigenvalue weighted by Crippen LogP contribution is 2.11. The van der Waals surface area contributed by atoms with Crippen molar-refractivity contribution in [2.24, 2.45) is 10.3 Å². The third-order valence-corrected chi connectivity index (χ3v) is 4.33. The van der Waals surface area contributed by atoms with Crippen LogP contribution in [-0.4, -0.2) is 21.8 Å². The Morgan fingerprint density at radius 1 is 0.700 bits per heavy atom. The number of hydrogen-bond donors (Lipinski definition) is 2. The van der Waals surface area contributed by atoms with Gasteiger partial charge in [0.15, 0.2) is 0 Å². The van der Waals surface area contributed by atoms with Crippen LogP contribution >= 0.6 is 0 Å². The molecule has 4 nitrogen and oxygen atoms in total. The number of benzene rings is 2. The van der Waals surface area contributed by atoms with Crippen LogP contribution in [-0.2, 0) is 0 Å². The fourth-order valence-corrected chi connectivity index (χ4v) is 2.64. The van der Waals surface area contributed by atoms with Crippen molar-refractivity contribution in [1.29, 1.82) is 0 Å². The summed E-state index contributed by atoms with van der Waals surface area (Å²) in [5.74, 6) is -0.507. The van der Waals surface area contributed by atoms with E-state index in [9.17, 15) is 8.78 Å². The lowest BCUT2D eigenvalue weighted by Gasteiger charge is -2.01. The maximum atomic E-state index is 12.6. The molecule has 0 spiro atoms. The van der Waals surface area contributed by atoms with Gasteiger partial charge in [-0.2, -0.15) is 0 Å². The van der Waals surface area contributed by atoms with E-state index in [-0.39, 0.29) is 11.6 Å². The first-order chi connectivity index (χ1) is 14.3.